The van der Waals surface area contributed by atoms with E-state index >= 15 is 0 Å². The molecule has 0 saturated carbocycles. The standard InChI is InChI=1S/C22H22F3NO9/c1-9(27)31-8-16-19(33-10(2)28)17(20(34-11(3)29)22(30-4)35-16)21-26-15(7-32-21)12-5-13(23)18(25)14(24)6-12/h5-7,16-17,19-20,22H,8H2,1-4H3/t16-,17+,19+,20-,22+/m1/s1. The second-order valence-electron chi connectivity index (χ2n) is 7.58. The van der Waals surface area contributed by atoms with Crippen molar-refractivity contribution < 1.29 is 55.7 Å². The average molecular weight is 501 g/mol. The highest BCUT2D eigenvalue weighted by Gasteiger charge is 2.53. The fraction of sp³-hybridized carbons (Fsp3) is 0.455. The zero-order valence-corrected chi connectivity index (χ0v) is 19.1. The molecule has 0 amide bonds. The van der Waals surface area contributed by atoms with E-state index in [0.29, 0.717) is 0 Å². The van der Waals surface area contributed by atoms with Crippen LogP contribution in [0.1, 0.15) is 32.6 Å². The van der Waals surface area contributed by atoms with E-state index in [1.54, 1.807) is 0 Å². The zero-order chi connectivity index (χ0) is 25.9. The van der Waals surface area contributed by atoms with Crippen LogP contribution in [0.25, 0.3) is 11.3 Å². The van der Waals surface area contributed by atoms with E-state index in [9.17, 15) is 27.6 Å². The summed E-state index contributed by atoms with van der Waals surface area (Å²) in [6, 6.07) is 1.44. The third kappa shape index (κ3) is 5.98. The largest absolute Gasteiger partial charge is 0.463 e. The van der Waals surface area contributed by atoms with Gasteiger partial charge in [0, 0.05) is 33.4 Å². The number of benzene rings is 1. The van der Waals surface area contributed by atoms with Crippen LogP contribution in [-0.4, -0.2) is 61.2 Å². The molecule has 1 aliphatic heterocycles. The molecule has 1 aliphatic rings. The number of esters is 3. The number of carbonyl (C=O) groups is 3. The topological polar surface area (TPSA) is 123 Å². The monoisotopic (exact) mass is 501 g/mol. The molecule has 0 bridgehead atoms. The smallest absolute Gasteiger partial charge is 0.303 e. The Bertz CT molecular complexity index is 1080. The van der Waals surface area contributed by atoms with Crippen molar-refractivity contribution in [3.05, 3.63) is 41.7 Å². The van der Waals surface area contributed by atoms with Crippen molar-refractivity contribution >= 4 is 17.9 Å². The lowest BCUT2D eigenvalue weighted by Crippen LogP contribution is -2.57. The number of rotatable bonds is 7. The second-order valence-corrected chi connectivity index (χ2v) is 7.58. The molecule has 0 unspecified atom stereocenters. The van der Waals surface area contributed by atoms with Crippen LogP contribution in [0.4, 0.5) is 13.2 Å². The van der Waals surface area contributed by atoms with E-state index in [0.717, 1.165) is 39.2 Å². The predicted molar refractivity (Wildman–Crippen MR) is 108 cm³/mol. The van der Waals surface area contributed by atoms with Crippen molar-refractivity contribution in [2.45, 2.75) is 51.3 Å². The van der Waals surface area contributed by atoms with Gasteiger partial charge in [-0.05, 0) is 12.1 Å². The Labute approximate surface area is 197 Å². The van der Waals surface area contributed by atoms with Crippen LogP contribution in [0.3, 0.4) is 0 Å². The maximum atomic E-state index is 13.7. The van der Waals surface area contributed by atoms with Crippen molar-refractivity contribution in [1.82, 2.24) is 4.98 Å². The van der Waals surface area contributed by atoms with E-state index in [1.165, 1.54) is 7.11 Å². The Kier molecular flexibility index (Phi) is 8.12. The molecule has 5 atom stereocenters. The number of ether oxygens (including phenoxy) is 5. The summed E-state index contributed by atoms with van der Waals surface area (Å²) in [5, 5.41) is 0. The molecule has 3 rings (SSSR count). The Hall–Kier alpha value is -3.45. The number of carbonyl (C=O) groups excluding carboxylic acids is 3. The van der Waals surface area contributed by atoms with Gasteiger partial charge in [0.15, 0.2) is 29.8 Å². The number of aromatic nitrogens is 1. The van der Waals surface area contributed by atoms with Crippen molar-refractivity contribution in [3.63, 3.8) is 0 Å². The maximum Gasteiger partial charge on any atom is 0.303 e. The summed E-state index contributed by atoms with van der Waals surface area (Å²) in [5.41, 5.74) is -0.228. The molecule has 0 spiro atoms. The van der Waals surface area contributed by atoms with Gasteiger partial charge in [0.25, 0.3) is 0 Å². The highest BCUT2D eigenvalue weighted by molar-refractivity contribution is 5.67. The zero-order valence-electron chi connectivity index (χ0n) is 19.1. The quantitative estimate of drug-likeness (QED) is 0.318. The van der Waals surface area contributed by atoms with Gasteiger partial charge in [0.1, 0.15) is 36.7 Å². The van der Waals surface area contributed by atoms with E-state index in [2.05, 4.69) is 4.98 Å². The van der Waals surface area contributed by atoms with Gasteiger partial charge in [-0.3, -0.25) is 14.4 Å². The van der Waals surface area contributed by atoms with Crippen molar-refractivity contribution in [3.8, 4) is 11.3 Å². The van der Waals surface area contributed by atoms with Gasteiger partial charge in [-0.25, -0.2) is 18.2 Å². The number of methoxy groups -OCH3 is 1. The van der Waals surface area contributed by atoms with Crippen LogP contribution in [0.15, 0.2) is 22.8 Å². The Morgan fingerprint density at radius 2 is 1.57 bits per heavy atom. The van der Waals surface area contributed by atoms with Crippen molar-refractivity contribution in [1.29, 1.82) is 0 Å². The molecule has 0 N–H and O–H groups in total. The molecule has 1 fully saturated rings. The minimum atomic E-state index is -1.65. The average Bonchev–Trinajstić information content (AvgIpc) is 3.25. The molecular weight excluding hydrogens is 479 g/mol. The van der Waals surface area contributed by atoms with Crippen LogP contribution >= 0.6 is 0 Å². The summed E-state index contributed by atoms with van der Waals surface area (Å²) >= 11 is 0. The molecule has 190 valence electrons. The summed E-state index contributed by atoms with van der Waals surface area (Å²) in [7, 11) is 1.26. The van der Waals surface area contributed by atoms with Gasteiger partial charge in [-0.15, -0.1) is 0 Å². The van der Waals surface area contributed by atoms with Gasteiger partial charge >= 0.3 is 17.9 Å². The molecule has 13 heteroatoms. The molecule has 35 heavy (non-hydrogen) atoms. The van der Waals surface area contributed by atoms with E-state index in [4.69, 9.17) is 28.1 Å². The number of halogens is 3. The SMILES string of the molecule is CO[C@H]1O[C@H](COC(C)=O)[C@H](OC(C)=O)[C@H](c2nc(-c3cc(F)c(F)c(F)c3)co2)[C@H]1OC(C)=O. The van der Waals surface area contributed by atoms with E-state index < -0.39 is 65.9 Å². The highest BCUT2D eigenvalue weighted by Crippen LogP contribution is 2.39. The Morgan fingerprint density at radius 3 is 2.11 bits per heavy atom. The van der Waals surface area contributed by atoms with Crippen molar-refractivity contribution in [2.24, 2.45) is 0 Å². The summed E-state index contributed by atoms with van der Waals surface area (Å²) in [5.74, 6) is -7.99. The van der Waals surface area contributed by atoms with Crippen LogP contribution in [0.5, 0.6) is 0 Å². The molecule has 10 nitrogen and oxygen atoms in total. The van der Waals surface area contributed by atoms with E-state index in [-0.39, 0.29) is 23.8 Å². The molecule has 0 aliphatic carbocycles. The van der Waals surface area contributed by atoms with Crippen LogP contribution in [-0.2, 0) is 38.1 Å². The number of hydrogen-bond acceptors (Lipinski definition) is 10. The van der Waals surface area contributed by atoms with Gasteiger partial charge in [-0.1, -0.05) is 0 Å². The fourth-order valence-electron chi connectivity index (χ4n) is 3.66. The molecule has 2 aromatic rings. The molecule has 0 radical (unpaired) electrons. The van der Waals surface area contributed by atoms with Crippen molar-refractivity contribution in [2.75, 3.05) is 13.7 Å². The van der Waals surface area contributed by atoms with Gasteiger partial charge < -0.3 is 28.1 Å². The van der Waals surface area contributed by atoms with Gasteiger partial charge in [0.2, 0.25) is 5.89 Å². The number of nitrogens with zero attached hydrogens (tertiary/aromatic N) is 1. The van der Waals surface area contributed by atoms with E-state index in [1.807, 2.05) is 0 Å². The lowest BCUT2D eigenvalue weighted by Gasteiger charge is -2.43. The molecule has 1 aromatic carbocycles. The first-order valence-corrected chi connectivity index (χ1v) is 10.3. The lowest BCUT2D eigenvalue weighted by atomic mass is 9.88. The second kappa shape index (κ2) is 10.9. The molecule has 2 heterocycles. The predicted octanol–water partition coefficient (Wildman–Crippen LogP) is 2.64. The molecular formula is C22H22F3NO9. The third-order valence-corrected chi connectivity index (χ3v) is 5.03. The van der Waals surface area contributed by atoms with Gasteiger partial charge in [0.05, 0.1) is 0 Å². The maximum absolute atomic E-state index is 13.7. The summed E-state index contributed by atoms with van der Waals surface area (Å²) < 4.78 is 73.1. The minimum Gasteiger partial charge on any atom is -0.463 e. The first-order valence-electron chi connectivity index (χ1n) is 10.3. The summed E-state index contributed by atoms with van der Waals surface area (Å²) in [4.78, 5) is 39.3. The molecule has 1 saturated heterocycles. The first-order chi connectivity index (χ1) is 16.5. The Balaban J connectivity index is 2.08. The highest BCUT2D eigenvalue weighted by atomic mass is 19.2. The number of oxazole rings is 1. The van der Waals surface area contributed by atoms with Crippen LogP contribution in [0.2, 0.25) is 0 Å². The summed E-state index contributed by atoms with van der Waals surface area (Å²) in [6.45, 7) is 3.05. The van der Waals surface area contributed by atoms with Gasteiger partial charge in [-0.2, -0.15) is 0 Å². The normalized spacial score (nSPS) is 24.0. The Morgan fingerprint density at radius 1 is 0.971 bits per heavy atom. The van der Waals surface area contributed by atoms with Crippen LogP contribution in [0, 0.1) is 17.5 Å². The number of hydrogen-bond donors (Lipinski definition) is 0. The summed E-state index contributed by atoms with van der Waals surface area (Å²) in [6.07, 6.45) is -3.80. The fourth-order valence-corrected chi connectivity index (χ4v) is 3.66. The van der Waals surface area contributed by atoms with Crippen LogP contribution < -0.4 is 0 Å². The first kappa shape index (κ1) is 26.2. The third-order valence-electron chi connectivity index (χ3n) is 5.03. The molecule has 1 aromatic heterocycles. The lowest BCUT2D eigenvalue weighted by molar-refractivity contribution is -0.279. The minimum absolute atomic E-state index is 0.0852.